The van der Waals surface area contributed by atoms with Gasteiger partial charge in [0.15, 0.2) is 6.10 Å². The Morgan fingerprint density at radius 1 is 1.07 bits per heavy atom. The summed E-state index contributed by atoms with van der Waals surface area (Å²) in [7, 11) is 0. The summed E-state index contributed by atoms with van der Waals surface area (Å²) >= 11 is 0. The van der Waals surface area contributed by atoms with Gasteiger partial charge in [-0.15, -0.1) is 0 Å². The first-order chi connectivity index (χ1) is 13.7. The molecule has 2 aromatic heterocycles. The third kappa shape index (κ3) is 3.46. The van der Waals surface area contributed by atoms with Crippen molar-refractivity contribution in [2.24, 2.45) is 0 Å². The van der Waals surface area contributed by atoms with Crippen molar-refractivity contribution in [2.75, 3.05) is 13.2 Å². The summed E-state index contributed by atoms with van der Waals surface area (Å²) in [6.07, 6.45) is 4.74. The first-order valence-corrected chi connectivity index (χ1v) is 9.09. The topological polar surface area (TPSA) is 82.0 Å². The Hall–Kier alpha value is -3.25. The van der Waals surface area contributed by atoms with Crippen LogP contribution < -0.4 is 4.74 Å². The fourth-order valence-corrected chi connectivity index (χ4v) is 3.32. The van der Waals surface area contributed by atoms with Crippen LogP contribution in [0.3, 0.4) is 0 Å². The smallest absolute Gasteiger partial charge is 0.333 e. The lowest BCUT2D eigenvalue weighted by Crippen LogP contribution is -2.26. The highest BCUT2D eigenvalue weighted by Crippen LogP contribution is 2.45. The van der Waals surface area contributed by atoms with Gasteiger partial charge in [-0.1, -0.05) is 12.1 Å². The molecule has 6 heteroatoms. The van der Waals surface area contributed by atoms with E-state index in [9.17, 15) is 9.90 Å². The lowest BCUT2D eigenvalue weighted by Gasteiger charge is -2.12. The summed E-state index contributed by atoms with van der Waals surface area (Å²) in [5.74, 6) is 1.33. The number of rotatable bonds is 8. The number of aliphatic carboxylic acids is 1. The Balaban J connectivity index is 1.40. The second-order valence-corrected chi connectivity index (χ2v) is 6.39. The van der Waals surface area contributed by atoms with Gasteiger partial charge in [-0.3, -0.25) is 0 Å². The molecule has 0 saturated carbocycles. The number of hydrogen-bond donors (Lipinski definition) is 1. The third-order valence-corrected chi connectivity index (χ3v) is 4.64. The van der Waals surface area contributed by atoms with E-state index >= 15 is 0 Å². The lowest BCUT2D eigenvalue weighted by atomic mass is 10.1. The van der Waals surface area contributed by atoms with Gasteiger partial charge in [0, 0.05) is 24.2 Å². The molecule has 1 unspecified atom stereocenters. The number of fused-ring (bicyclic) bond motifs is 3. The van der Waals surface area contributed by atoms with Crippen LogP contribution in [0.5, 0.6) is 5.75 Å². The Morgan fingerprint density at radius 3 is 2.29 bits per heavy atom. The van der Waals surface area contributed by atoms with Crippen molar-refractivity contribution in [1.29, 1.82) is 0 Å². The maximum Gasteiger partial charge on any atom is 0.333 e. The van der Waals surface area contributed by atoms with E-state index in [2.05, 4.69) is 0 Å². The molecule has 0 bridgehead atoms. The highest BCUT2D eigenvalue weighted by Gasteiger charge is 2.29. The number of ether oxygens (including phenoxy) is 2. The molecule has 28 heavy (non-hydrogen) atoms. The Kier molecular flexibility index (Phi) is 5.04. The molecule has 6 nitrogen and oxygen atoms in total. The molecule has 0 fully saturated rings. The van der Waals surface area contributed by atoms with Crippen molar-refractivity contribution in [1.82, 2.24) is 0 Å². The van der Waals surface area contributed by atoms with E-state index in [1.807, 2.05) is 42.5 Å². The van der Waals surface area contributed by atoms with Crippen LogP contribution in [-0.4, -0.2) is 30.4 Å². The van der Waals surface area contributed by atoms with Crippen LogP contribution in [0.1, 0.15) is 24.0 Å². The third-order valence-electron chi connectivity index (χ3n) is 4.64. The van der Waals surface area contributed by atoms with Gasteiger partial charge in [0.25, 0.3) is 0 Å². The Morgan fingerprint density at radius 2 is 1.71 bits per heavy atom. The van der Waals surface area contributed by atoms with E-state index in [1.54, 1.807) is 19.5 Å². The molecule has 1 N–H and O–H groups in total. The Labute approximate surface area is 162 Å². The average Bonchev–Trinajstić information content (AvgIpc) is 3.39. The van der Waals surface area contributed by atoms with Crippen LogP contribution in [0, 0.1) is 0 Å². The van der Waals surface area contributed by atoms with Crippen molar-refractivity contribution in [3.05, 3.63) is 72.1 Å². The fraction of sp³-hybridized carbons (Fsp3) is 0.227. The van der Waals surface area contributed by atoms with E-state index < -0.39 is 12.1 Å². The molecule has 1 atom stereocenters. The maximum atomic E-state index is 11.2. The molecule has 0 amide bonds. The van der Waals surface area contributed by atoms with Crippen molar-refractivity contribution in [3.8, 4) is 16.9 Å². The van der Waals surface area contributed by atoms with Crippen LogP contribution in [0.25, 0.3) is 16.7 Å². The van der Waals surface area contributed by atoms with Gasteiger partial charge in [0.05, 0.1) is 18.1 Å². The molecule has 0 saturated heterocycles. The normalized spacial score (nSPS) is 13.1. The van der Waals surface area contributed by atoms with Gasteiger partial charge in [0.1, 0.15) is 23.9 Å². The van der Waals surface area contributed by atoms with Gasteiger partial charge in [-0.25, -0.2) is 4.79 Å². The molecule has 2 heterocycles. The minimum absolute atomic E-state index is 0.316. The fourth-order valence-electron chi connectivity index (χ4n) is 3.32. The van der Waals surface area contributed by atoms with E-state index in [0.717, 1.165) is 33.8 Å². The van der Waals surface area contributed by atoms with Gasteiger partial charge in [-0.2, -0.15) is 0 Å². The van der Waals surface area contributed by atoms with Crippen molar-refractivity contribution in [3.63, 3.8) is 0 Å². The highest BCUT2D eigenvalue weighted by atomic mass is 16.5. The lowest BCUT2D eigenvalue weighted by molar-refractivity contribution is -0.149. The van der Waals surface area contributed by atoms with Crippen LogP contribution in [0.4, 0.5) is 0 Å². The number of hydrogen-bond acceptors (Lipinski definition) is 5. The minimum Gasteiger partial charge on any atom is -0.490 e. The summed E-state index contributed by atoms with van der Waals surface area (Å²) < 4.78 is 22.2. The molecule has 144 valence electrons. The second-order valence-electron chi connectivity index (χ2n) is 6.39. The number of carboxylic acid groups (broad SMARTS) is 1. The standard InChI is InChI=1S/C22H20O6/c1-2-25-19(22(23)24)13-14-3-5-15(6-4-14)26-10-9-18-20-16(7-11-27-20)17-8-12-28-21(17)18/h3-9,11-12,19H,2,10,13H2,1H3,(H,23,24). The number of benzene rings is 1. The van der Waals surface area contributed by atoms with E-state index in [1.165, 1.54) is 0 Å². The summed E-state index contributed by atoms with van der Waals surface area (Å²) in [5.41, 5.74) is 3.82. The van der Waals surface area contributed by atoms with Crippen LogP contribution in [-0.2, 0) is 16.0 Å². The first kappa shape index (κ1) is 18.1. The molecule has 1 aliphatic carbocycles. The largest absolute Gasteiger partial charge is 0.490 e. The zero-order valence-electron chi connectivity index (χ0n) is 15.4. The summed E-state index contributed by atoms with van der Waals surface area (Å²) in [6.45, 7) is 2.50. The monoisotopic (exact) mass is 380 g/mol. The van der Waals surface area contributed by atoms with Crippen molar-refractivity contribution >= 4 is 11.5 Å². The molecular weight excluding hydrogens is 360 g/mol. The van der Waals surface area contributed by atoms with E-state index in [-0.39, 0.29) is 0 Å². The van der Waals surface area contributed by atoms with Crippen molar-refractivity contribution in [2.45, 2.75) is 19.4 Å². The molecule has 1 aromatic carbocycles. The predicted octanol–water partition coefficient (Wildman–Crippen LogP) is 4.40. The molecule has 0 radical (unpaired) electrons. The van der Waals surface area contributed by atoms with Crippen molar-refractivity contribution < 1.29 is 28.2 Å². The zero-order valence-corrected chi connectivity index (χ0v) is 15.4. The molecule has 3 aromatic rings. The summed E-state index contributed by atoms with van der Waals surface area (Å²) in [5, 5.41) is 9.18. The highest BCUT2D eigenvalue weighted by molar-refractivity contribution is 5.97. The van der Waals surface area contributed by atoms with Gasteiger partial charge >= 0.3 is 5.97 Å². The predicted molar refractivity (Wildman–Crippen MR) is 102 cm³/mol. The molecule has 0 aliphatic heterocycles. The van der Waals surface area contributed by atoms with Gasteiger partial charge < -0.3 is 23.4 Å². The minimum atomic E-state index is -0.958. The van der Waals surface area contributed by atoms with Crippen LogP contribution >= 0.6 is 0 Å². The second kappa shape index (κ2) is 7.78. The number of carbonyl (C=O) groups is 1. The zero-order chi connectivity index (χ0) is 19.5. The number of furan rings is 2. The molecule has 4 rings (SSSR count). The quantitative estimate of drug-likeness (QED) is 0.488. The molecule has 1 aliphatic rings. The van der Waals surface area contributed by atoms with E-state index in [0.29, 0.717) is 25.4 Å². The summed E-state index contributed by atoms with van der Waals surface area (Å²) in [6, 6.07) is 11.2. The van der Waals surface area contributed by atoms with E-state index in [4.69, 9.17) is 18.3 Å². The Bertz CT molecular complexity index is 950. The van der Waals surface area contributed by atoms with Crippen LogP contribution in [0.15, 0.2) is 63.8 Å². The molecule has 0 spiro atoms. The summed E-state index contributed by atoms with van der Waals surface area (Å²) in [4.78, 5) is 11.2. The van der Waals surface area contributed by atoms with Gasteiger partial charge in [0.2, 0.25) is 0 Å². The number of carboxylic acids is 1. The van der Waals surface area contributed by atoms with Crippen LogP contribution in [0.2, 0.25) is 0 Å². The SMILES string of the molecule is CCOC(Cc1ccc(OCC=C2c3occc3-c3ccoc32)cc1)C(=O)O. The maximum absolute atomic E-state index is 11.2. The first-order valence-electron chi connectivity index (χ1n) is 9.09. The average molecular weight is 380 g/mol. The molecular formula is C22H20O6. The van der Waals surface area contributed by atoms with Gasteiger partial charge in [-0.05, 0) is 42.8 Å².